The topological polar surface area (TPSA) is 59.0 Å². The summed E-state index contributed by atoms with van der Waals surface area (Å²) >= 11 is 0. The molecule has 1 aliphatic rings. The van der Waals surface area contributed by atoms with Gasteiger partial charge in [-0.1, -0.05) is 12.1 Å². The van der Waals surface area contributed by atoms with Crippen LogP contribution in [0.15, 0.2) is 24.3 Å². The molecule has 5 nitrogen and oxygen atoms in total. The molecule has 1 saturated heterocycles. The number of hydrogen-bond acceptors (Lipinski definition) is 4. The van der Waals surface area contributed by atoms with E-state index in [4.69, 9.17) is 9.47 Å². The third-order valence-corrected chi connectivity index (χ3v) is 3.98. The maximum absolute atomic E-state index is 12.3. The van der Waals surface area contributed by atoms with E-state index >= 15 is 0 Å². The lowest BCUT2D eigenvalue weighted by Gasteiger charge is -2.29. The van der Waals surface area contributed by atoms with Gasteiger partial charge in [0.1, 0.15) is 11.4 Å². The summed E-state index contributed by atoms with van der Waals surface area (Å²) in [5.41, 5.74) is 0.302. The second-order valence-corrected chi connectivity index (χ2v) is 7.00. The largest absolute Gasteiger partial charge is 0.497 e. The number of aliphatic hydroxyl groups is 1. The molecule has 2 unspecified atom stereocenters. The highest BCUT2D eigenvalue weighted by Gasteiger charge is 2.33. The number of amides is 1. The quantitative estimate of drug-likeness (QED) is 0.922. The first kappa shape index (κ1) is 17.6. The number of ether oxygens (including phenoxy) is 2. The number of aliphatic hydroxyl groups excluding tert-OH is 1. The lowest BCUT2D eigenvalue weighted by atomic mass is 10.0. The minimum atomic E-state index is -0.627. The van der Waals surface area contributed by atoms with Gasteiger partial charge in [0.15, 0.2) is 0 Å². The fourth-order valence-corrected chi connectivity index (χ4v) is 2.88. The van der Waals surface area contributed by atoms with Crippen LogP contribution in [0.25, 0.3) is 0 Å². The van der Waals surface area contributed by atoms with Gasteiger partial charge >= 0.3 is 6.09 Å². The van der Waals surface area contributed by atoms with Gasteiger partial charge in [-0.2, -0.15) is 0 Å². The molecule has 0 bridgehead atoms. The number of methoxy groups -OCH3 is 1. The van der Waals surface area contributed by atoms with Crippen LogP contribution in [-0.4, -0.2) is 41.4 Å². The molecule has 128 valence electrons. The van der Waals surface area contributed by atoms with Gasteiger partial charge in [0, 0.05) is 12.6 Å². The van der Waals surface area contributed by atoms with Crippen LogP contribution in [0.1, 0.15) is 51.7 Å². The summed E-state index contributed by atoms with van der Waals surface area (Å²) in [4.78, 5) is 14.0. The normalized spacial score (nSPS) is 19.5. The number of hydrogen-bond donors (Lipinski definition) is 1. The van der Waals surface area contributed by atoms with E-state index in [-0.39, 0.29) is 12.1 Å². The summed E-state index contributed by atoms with van der Waals surface area (Å²) in [6.07, 6.45) is 1.41. The Hall–Kier alpha value is -1.75. The van der Waals surface area contributed by atoms with Gasteiger partial charge in [-0.3, -0.25) is 0 Å². The van der Waals surface area contributed by atoms with E-state index in [1.807, 2.05) is 45.0 Å². The molecule has 0 aromatic heterocycles. The molecule has 0 saturated carbocycles. The van der Waals surface area contributed by atoms with Crippen molar-refractivity contribution >= 4 is 6.09 Å². The first-order valence-electron chi connectivity index (χ1n) is 8.12. The standard InChI is InChI=1S/C18H27NO4/c1-18(2,3)23-17(21)19-10-6-8-14(19)12-16(20)13-7-5-9-15(11-13)22-4/h5,7,9,11,14,16,20H,6,8,10,12H2,1-4H3. The average molecular weight is 321 g/mol. The van der Waals surface area contributed by atoms with E-state index in [9.17, 15) is 9.90 Å². The zero-order valence-corrected chi connectivity index (χ0v) is 14.4. The first-order valence-corrected chi connectivity index (χ1v) is 8.12. The van der Waals surface area contributed by atoms with Crippen LogP contribution in [0.5, 0.6) is 5.75 Å². The van der Waals surface area contributed by atoms with Crippen molar-refractivity contribution < 1.29 is 19.4 Å². The van der Waals surface area contributed by atoms with Gasteiger partial charge in [0.25, 0.3) is 0 Å². The van der Waals surface area contributed by atoms with Gasteiger partial charge in [-0.15, -0.1) is 0 Å². The summed E-state index contributed by atoms with van der Waals surface area (Å²) in [5, 5.41) is 10.5. The Morgan fingerprint density at radius 2 is 2.17 bits per heavy atom. The molecule has 1 aromatic carbocycles. The first-order chi connectivity index (χ1) is 10.8. The minimum absolute atomic E-state index is 0.00560. The van der Waals surface area contributed by atoms with Gasteiger partial charge in [-0.05, 0) is 57.7 Å². The van der Waals surface area contributed by atoms with Crippen LogP contribution >= 0.6 is 0 Å². The Balaban J connectivity index is 2.01. The third kappa shape index (κ3) is 4.86. The summed E-state index contributed by atoms with van der Waals surface area (Å²) in [6, 6.07) is 7.42. The van der Waals surface area contributed by atoms with Crippen LogP contribution in [-0.2, 0) is 4.74 Å². The Bertz CT molecular complexity index is 538. The van der Waals surface area contributed by atoms with E-state index in [0.717, 1.165) is 24.2 Å². The summed E-state index contributed by atoms with van der Waals surface area (Å²) < 4.78 is 10.7. The molecule has 23 heavy (non-hydrogen) atoms. The highest BCUT2D eigenvalue weighted by atomic mass is 16.6. The Morgan fingerprint density at radius 1 is 1.43 bits per heavy atom. The molecule has 1 aliphatic heterocycles. The van der Waals surface area contributed by atoms with Crippen LogP contribution in [0.4, 0.5) is 4.79 Å². The summed E-state index contributed by atoms with van der Waals surface area (Å²) in [7, 11) is 1.60. The second kappa shape index (κ2) is 7.21. The fraction of sp³-hybridized carbons (Fsp3) is 0.611. The maximum Gasteiger partial charge on any atom is 0.410 e. The molecular weight excluding hydrogens is 294 g/mol. The van der Waals surface area contributed by atoms with Gasteiger partial charge < -0.3 is 19.5 Å². The van der Waals surface area contributed by atoms with Crippen molar-refractivity contribution in [3.63, 3.8) is 0 Å². The zero-order valence-electron chi connectivity index (χ0n) is 14.4. The lowest BCUT2D eigenvalue weighted by Crippen LogP contribution is -2.40. The van der Waals surface area contributed by atoms with Gasteiger partial charge in [0.2, 0.25) is 0 Å². The molecule has 2 atom stereocenters. The maximum atomic E-state index is 12.3. The molecule has 1 amide bonds. The Morgan fingerprint density at radius 3 is 2.83 bits per heavy atom. The molecule has 1 N–H and O–H groups in total. The minimum Gasteiger partial charge on any atom is -0.497 e. The van der Waals surface area contributed by atoms with E-state index < -0.39 is 11.7 Å². The van der Waals surface area contributed by atoms with Crippen molar-refractivity contribution in [1.82, 2.24) is 4.90 Å². The van der Waals surface area contributed by atoms with E-state index in [1.54, 1.807) is 12.0 Å². The SMILES string of the molecule is COc1cccc(C(O)CC2CCCN2C(=O)OC(C)(C)C)c1. The van der Waals surface area contributed by atoms with Crippen molar-refractivity contribution in [1.29, 1.82) is 0 Å². The van der Waals surface area contributed by atoms with E-state index in [2.05, 4.69) is 0 Å². The molecular formula is C18H27NO4. The molecule has 0 spiro atoms. The van der Waals surface area contributed by atoms with Crippen molar-refractivity contribution in [2.75, 3.05) is 13.7 Å². The molecule has 5 heteroatoms. The van der Waals surface area contributed by atoms with Crippen LogP contribution in [0.2, 0.25) is 0 Å². The van der Waals surface area contributed by atoms with E-state index in [1.165, 1.54) is 0 Å². The second-order valence-electron chi connectivity index (χ2n) is 7.00. The highest BCUT2D eigenvalue weighted by molar-refractivity contribution is 5.69. The van der Waals surface area contributed by atoms with Gasteiger partial charge in [0.05, 0.1) is 13.2 Å². The molecule has 0 radical (unpaired) electrons. The summed E-state index contributed by atoms with van der Waals surface area (Å²) in [5.74, 6) is 0.719. The average Bonchev–Trinajstić information content (AvgIpc) is 2.93. The molecule has 1 fully saturated rings. The molecule has 2 rings (SSSR count). The van der Waals surface area contributed by atoms with Crippen LogP contribution < -0.4 is 4.74 Å². The predicted octanol–water partition coefficient (Wildman–Crippen LogP) is 3.52. The zero-order chi connectivity index (χ0) is 17.0. The molecule has 1 heterocycles. The number of carbonyl (C=O) groups is 1. The highest BCUT2D eigenvalue weighted by Crippen LogP contribution is 2.29. The monoisotopic (exact) mass is 321 g/mol. The smallest absolute Gasteiger partial charge is 0.410 e. The predicted molar refractivity (Wildman–Crippen MR) is 88.5 cm³/mol. The summed E-state index contributed by atoms with van der Waals surface area (Å²) in [6.45, 7) is 6.27. The number of carbonyl (C=O) groups excluding carboxylic acids is 1. The number of nitrogens with zero attached hydrogens (tertiary/aromatic N) is 1. The van der Waals surface area contributed by atoms with Crippen molar-refractivity contribution in [3.05, 3.63) is 29.8 Å². The van der Waals surface area contributed by atoms with Crippen LogP contribution in [0, 0.1) is 0 Å². The van der Waals surface area contributed by atoms with E-state index in [0.29, 0.717) is 13.0 Å². The van der Waals surface area contributed by atoms with Crippen LogP contribution in [0.3, 0.4) is 0 Å². The lowest BCUT2D eigenvalue weighted by molar-refractivity contribution is 0.0178. The number of benzene rings is 1. The third-order valence-electron chi connectivity index (χ3n) is 3.98. The number of rotatable bonds is 4. The Labute approximate surface area is 138 Å². The van der Waals surface area contributed by atoms with Crippen molar-refractivity contribution in [2.24, 2.45) is 0 Å². The molecule has 0 aliphatic carbocycles. The van der Waals surface area contributed by atoms with Crippen molar-refractivity contribution in [2.45, 2.75) is 57.8 Å². The van der Waals surface area contributed by atoms with Crippen molar-refractivity contribution in [3.8, 4) is 5.75 Å². The number of likely N-dealkylation sites (tertiary alicyclic amines) is 1. The Kier molecular flexibility index (Phi) is 5.52. The van der Waals surface area contributed by atoms with Gasteiger partial charge in [-0.25, -0.2) is 4.79 Å². The molecule has 1 aromatic rings. The fourth-order valence-electron chi connectivity index (χ4n) is 2.88.